The van der Waals surface area contributed by atoms with Crippen LogP contribution in [0.4, 0.5) is 13.2 Å². The molecule has 0 bridgehead atoms. The molecule has 0 aliphatic carbocycles. The van der Waals surface area contributed by atoms with Gasteiger partial charge in [0.25, 0.3) is 12.4 Å². The van der Waals surface area contributed by atoms with Crippen LogP contribution in [0.1, 0.15) is 29.4 Å². The summed E-state index contributed by atoms with van der Waals surface area (Å²) in [7, 11) is 1.04. The van der Waals surface area contributed by atoms with E-state index in [1.807, 2.05) is 0 Å². The molecule has 0 aliphatic rings. The minimum absolute atomic E-state index is 0.0399. The first-order chi connectivity index (χ1) is 8.01. The summed E-state index contributed by atoms with van der Waals surface area (Å²) in [5.41, 5.74) is -1.25. The lowest BCUT2D eigenvalue weighted by molar-refractivity contribution is 0.0517. The van der Waals surface area contributed by atoms with Gasteiger partial charge in [0.2, 0.25) is 0 Å². The summed E-state index contributed by atoms with van der Waals surface area (Å²) in [6.07, 6.45) is -2.98. The fraction of sp³-hybridized carbons (Fsp3) is 0.400. The number of alkyl halides is 2. The summed E-state index contributed by atoms with van der Waals surface area (Å²) in [6, 6.07) is 0.755. The maximum Gasteiger partial charge on any atom is 0.357 e. The van der Waals surface area contributed by atoms with Crippen LogP contribution in [0.25, 0.3) is 0 Å². The predicted molar refractivity (Wildman–Crippen MR) is 51.7 cm³/mol. The number of methoxy groups -OCH3 is 1. The monoisotopic (exact) mass is 249 g/mol. The highest BCUT2D eigenvalue weighted by Crippen LogP contribution is 2.31. The Bertz CT molecular complexity index is 424. The van der Waals surface area contributed by atoms with E-state index in [4.69, 9.17) is 0 Å². The molecule has 0 N–H and O–H groups in total. The van der Waals surface area contributed by atoms with Crippen molar-refractivity contribution in [3.05, 3.63) is 23.3 Å². The number of aromatic nitrogens is 1. The van der Waals surface area contributed by atoms with Crippen molar-refractivity contribution in [1.82, 2.24) is 4.98 Å². The Labute approximate surface area is 95.4 Å². The van der Waals surface area contributed by atoms with Crippen molar-refractivity contribution in [2.75, 3.05) is 13.7 Å². The van der Waals surface area contributed by atoms with Crippen LogP contribution in [0.15, 0.2) is 6.07 Å². The van der Waals surface area contributed by atoms with E-state index in [0.29, 0.717) is 0 Å². The second-order valence-corrected chi connectivity index (χ2v) is 2.94. The number of esters is 1. The van der Waals surface area contributed by atoms with Crippen LogP contribution < -0.4 is 4.74 Å². The zero-order chi connectivity index (χ0) is 13.0. The van der Waals surface area contributed by atoms with E-state index >= 15 is 0 Å². The van der Waals surface area contributed by atoms with E-state index in [0.717, 1.165) is 13.2 Å². The molecule has 1 rings (SSSR count). The Balaban J connectivity index is 3.24. The van der Waals surface area contributed by atoms with Gasteiger partial charge in [0, 0.05) is 0 Å². The normalized spacial score (nSPS) is 10.5. The summed E-state index contributed by atoms with van der Waals surface area (Å²) in [5.74, 6) is -2.91. The molecule has 0 saturated carbocycles. The molecular weight excluding hydrogens is 239 g/mol. The predicted octanol–water partition coefficient (Wildman–Crippen LogP) is 2.34. The average molecular weight is 249 g/mol. The van der Waals surface area contributed by atoms with E-state index in [1.54, 1.807) is 0 Å². The number of carbonyl (C=O) groups excluding carboxylic acids is 1. The highest BCUT2D eigenvalue weighted by molar-refractivity contribution is 5.87. The quantitative estimate of drug-likeness (QED) is 0.607. The zero-order valence-corrected chi connectivity index (χ0v) is 9.17. The molecular formula is C10H10F3NO3. The highest BCUT2D eigenvalue weighted by Gasteiger charge is 2.23. The number of hydrogen-bond acceptors (Lipinski definition) is 4. The van der Waals surface area contributed by atoms with Gasteiger partial charge in [-0.2, -0.15) is 4.39 Å². The Morgan fingerprint density at radius 1 is 1.53 bits per heavy atom. The lowest BCUT2D eigenvalue weighted by Gasteiger charge is -2.09. The van der Waals surface area contributed by atoms with Gasteiger partial charge in [-0.3, -0.25) is 0 Å². The van der Waals surface area contributed by atoms with Crippen molar-refractivity contribution in [3.8, 4) is 5.75 Å². The minimum Gasteiger partial charge on any atom is -0.492 e. The summed E-state index contributed by atoms with van der Waals surface area (Å²) in [4.78, 5) is 14.4. The summed E-state index contributed by atoms with van der Waals surface area (Å²) in [5, 5.41) is 0. The molecule has 0 unspecified atom stereocenters. The van der Waals surface area contributed by atoms with Crippen molar-refractivity contribution in [2.24, 2.45) is 0 Å². The Kier molecular flexibility index (Phi) is 4.30. The topological polar surface area (TPSA) is 48.4 Å². The van der Waals surface area contributed by atoms with E-state index < -0.39 is 35.3 Å². The van der Waals surface area contributed by atoms with Crippen molar-refractivity contribution >= 4 is 5.97 Å². The van der Waals surface area contributed by atoms with E-state index in [-0.39, 0.29) is 6.61 Å². The smallest absolute Gasteiger partial charge is 0.357 e. The molecule has 7 heteroatoms. The van der Waals surface area contributed by atoms with Crippen molar-refractivity contribution < 1.29 is 27.4 Å². The van der Waals surface area contributed by atoms with Crippen molar-refractivity contribution in [3.63, 3.8) is 0 Å². The second-order valence-electron chi connectivity index (χ2n) is 2.94. The standard InChI is InChI=1S/C10H10F3NO3/c1-3-17-10(15)6-4-5(8(11)12)7(16-2)9(13)14-6/h4,8H,3H2,1-2H3. The first-order valence-corrected chi connectivity index (χ1v) is 4.71. The van der Waals surface area contributed by atoms with Gasteiger partial charge in [0.05, 0.1) is 19.3 Å². The number of hydrogen-bond donors (Lipinski definition) is 0. The summed E-state index contributed by atoms with van der Waals surface area (Å²) >= 11 is 0. The molecule has 17 heavy (non-hydrogen) atoms. The zero-order valence-electron chi connectivity index (χ0n) is 9.17. The highest BCUT2D eigenvalue weighted by atomic mass is 19.3. The van der Waals surface area contributed by atoms with Gasteiger partial charge >= 0.3 is 5.97 Å². The fourth-order valence-corrected chi connectivity index (χ4v) is 1.19. The van der Waals surface area contributed by atoms with Crippen LogP contribution in [0, 0.1) is 5.95 Å². The Morgan fingerprint density at radius 3 is 2.65 bits per heavy atom. The molecule has 1 heterocycles. The summed E-state index contributed by atoms with van der Waals surface area (Å²) in [6.45, 7) is 1.57. The molecule has 0 saturated heterocycles. The van der Waals surface area contributed by atoms with Crippen LogP contribution in [0.3, 0.4) is 0 Å². The van der Waals surface area contributed by atoms with Gasteiger partial charge in [0.15, 0.2) is 11.4 Å². The number of pyridine rings is 1. The fourth-order valence-electron chi connectivity index (χ4n) is 1.19. The van der Waals surface area contributed by atoms with Crippen molar-refractivity contribution in [1.29, 1.82) is 0 Å². The molecule has 0 fully saturated rings. The van der Waals surface area contributed by atoms with Crippen LogP contribution >= 0.6 is 0 Å². The molecule has 0 spiro atoms. The maximum absolute atomic E-state index is 13.3. The molecule has 0 amide bonds. The first-order valence-electron chi connectivity index (χ1n) is 4.71. The number of nitrogens with zero attached hydrogens (tertiary/aromatic N) is 1. The lowest BCUT2D eigenvalue weighted by atomic mass is 10.2. The van der Waals surface area contributed by atoms with Gasteiger partial charge in [-0.1, -0.05) is 0 Å². The Morgan fingerprint density at radius 2 is 2.18 bits per heavy atom. The largest absolute Gasteiger partial charge is 0.492 e. The maximum atomic E-state index is 13.3. The van der Waals surface area contributed by atoms with Gasteiger partial charge in [-0.15, -0.1) is 0 Å². The number of carbonyl (C=O) groups is 1. The van der Waals surface area contributed by atoms with E-state index in [2.05, 4.69) is 14.5 Å². The first kappa shape index (κ1) is 13.3. The third kappa shape index (κ3) is 2.86. The molecule has 0 aromatic carbocycles. The third-order valence-electron chi connectivity index (χ3n) is 1.88. The second kappa shape index (κ2) is 5.51. The molecule has 1 aromatic rings. The molecule has 0 radical (unpaired) electrons. The Hall–Kier alpha value is -1.79. The molecule has 0 atom stereocenters. The van der Waals surface area contributed by atoms with Gasteiger partial charge < -0.3 is 9.47 Å². The number of ether oxygens (including phenoxy) is 2. The van der Waals surface area contributed by atoms with Crippen molar-refractivity contribution in [2.45, 2.75) is 13.3 Å². The molecule has 4 nitrogen and oxygen atoms in total. The van der Waals surface area contributed by atoms with Crippen LogP contribution in [0.5, 0.6) is 5.75 Å². The van der Waals surface area contributed by atoms with Crippen LogP contribution in [-0.2, 0) is 4.74 Å². The molecule has 0 aliphatic heterocycles. The average Bonchev–Trinajstić information content (AvgIpc) is 2.28. The van der Waals surface area contributed by atoms with E-state index in [9.17, 15) is 18.0 Å². The van der Waals surface area contributed by atoms with Gasteiger partial charge in [-0.25, -0.2) is 18.6 Å². The third-order valence-corrected chi connectivity index (χ3v) is 1.88. The van der Waals surface area contributed by atoms with Crippen LogP contribution in [-0.4, -0.2) is 24.7 Å². The minimum atomic E-state index is -2.98. The van der Waals surface area contributed by atoms with E-state index in [1.165, 1.54) is 6.92 Å². The lowest BCUT2D eigenvalue weighted by Crippen LogP contribution is -2.10. The number of rotatable bonds is 4. The molecule has 1 aromatic heterocycles. The SMILES string of the molecule is CCOC(=O)c1cc(C(F)F)c(OC)c(F)n1. The van der Waals surface area contributed by atoms with Crippen LogP contribution in [0.2, 0.25) is 0 Å². The summed E-state index contributed by atoms with van der Waals surface area (Å²) < 4.78 is 47.5. The van der Waals surface area contributed by atoms with Gasteiger partial charge in [-0.05, 0) is 13.0 Å². The number of halogens is 3. The molecule has 94 valence electrons. The van der Waals surface area contributed by atoms with Gasteiger partial charge in [0.1, 0.15) is 0 Å².